The number of rotatable bonds is 6. The first kappa shape index (κ1) is 22.1. The Labute approximate surface area is 184 Å². The van der Waals surface area contributed by atoms with Crippen molar-refractivity contribution in [3.8, 4) is 0 Å². The smallest absolute Gasteiger partial charge is 0.255 e. The van der Waals surface area contributed by atoms with Crippen molar-refractivity contribution in [3.63, 3.8) is 0 Å². The minimum atomic E-state index is -3.67. The fourth-order valence-electron chi connectivity index (χ4n) is 2.76. The molecule has 30 heavy (non-hydrogen) atoms. The van der Waals surface area contributed by atoms with Crippen molar-refractivity contribution in [2.75, 3.05) is 15.9 Å². The topological polar surface area (TPSA) is 66.5 Å². The average molecular weight is 467 g/mol. The number of amides is 1. The Hall–Kier alpha value is -2.61. The highest BCUT2D eigenvalue weighted by Gasteiger charge is 2.21. The number of hydrogen-bond donors (Lipinski definition) is 1. The maximum atomic E-state index is 13.7. The first-order chi connectivity index (χ1) is 14.2. The van der Waals surface area contributed by atoms with Gasteiger partial charge in [-0.3, -0.25) is 9.10 Å². The van der Waals surface area contributed by atoms with Crippen molar-refractivity contribution >= 4 is 50.5 Å². The van der Waals surface area contributed by atoms with Gasteiger partial charge in [-0.25, -0.2) is 12.8 Å². The van der Waals surface area contributed by atoms with Crippen LogP contribution in [0.3, 0.4) is 0 Å². The van der Waals surface area contributed by atoms with Crippen LogP contribution in [0.25, 0.3) is 0 Å². The molecule has 0 aliphatic heterocycles. The number of anilines is 2. The Morgan fingerprint density at radius 3 is 2.13 bits per heavy atom. The Morgan fingerprint density at radius 1 is 0.967 bits per heavy atom. The van der Waals surface area contributed by atoms with Gasteiger partial charge in [0.2, 0.25) is 10.0 Å². The van der Waals surface area contributed by atoms with Gasteiger partial charge in [0.25, 0.3) is 5.91 Å². The number of hydrogen-bond acceptors (Lipinski definition) is 3. The normalized spacial score (nSPS) is 11.2. The number of para-hydroxylation sites is 1. The van der Waals surface area contributed by atoms with Gasteiger partial charge in [0.15, 0.2) is 0 Å². The van der Waals surface area contributed by atoms with Crippen molar-refractivity contribution < 1.29 is 17.6 Å². The molecule has 0 saturated heterocycles. The van der Waals surface area contributed by atoms with Crippen LogP contribution in [0.5, 0.6) is 0 Å². The molecule has 0 aromatic heterocycles. The van der Waals surface area contributed by atoms with Crippen LogP contribution in [0.1, 0.15) is 15.9 Å². The molecule has 156 valence electrons. The van der Waals surface area contributed by atoms with Crippen LogP contribution in [-0.4, -0.2) is 20.6 Å². The van der Waals surface area contributed by atoms with Crippen LogP contribution in [-0.2, 0) is 16.6 Å². The van der Waals surface area contributed by atoms with Crippen LogP contribution >= 0.6 is 23.2 Å². The second-order valence-electron chi connectivity index (χ2n) is 6.45. The summed E-state index contributed by atoms with van der Waals surface area (Å²) in [7, 11) is -3.67. The average Bonchev–Trinajstić information content (AvgIpc) is 2.69. The molecule has 3 aromatic rings. The van der Waals surface area contributed by atoms with E-state index in [2.05, 4.69) is 5.32 Å². The molecule has 0 aliphatic carbocycles. The summed E-state index contributed by atoms with van der Waals surface area (Å²) < 4.78 is 39.6. The van der Waals surface area contributed by atoms with E-state index in [0.29, 0.717) is 21.3 Å². The van der Waals surface area contributed by atoms with Crippen LogP contribution in [0.4, 0.5) is 15.8 Å². The molecule has 5 nitrogen and oxygen atoms in total. The van der Waals surface area contributed by atoms with E-state index < -0.39 is 21.7 Å². The SMILES string of the molecule is CS(=O)(=O)N(Cc1c(Cl)cccc1Cl)c1ccc(C(=O)Nc2ccccc2F)cc1. The van der Waals surface area contributed by atoms with Crippen LogP contribution in [0, 0.1) is 5.82 Å². The molecule has 0 aliphatic rings. The van der Waals surface area contributed by atoms with E-state index in [1.165, 1.54) is 42.5 Å². The maximum absolute atomic E-state index is 13.7. The number of carbonyl (C=O) groups excluding carboxylic acids is 1. The summed E-state index contributed by atoms with van der Waals surface area (Å²) in [5.41, 5.74) is 1.09. The molecule has 0 heterocycles. The van der Waals surface area contributed by atoms with Crippen molar-refractivity contribution in [1.82, 2.24) is 0 Å². The second kappa shape index (κ2) is 9.04. The number of halogens is 3. The first-order valence-corrected chi connectivity index (χ1v) is 11.3. The summed E-state index contributed by atoms with van der Waals surface area (Å²) in [5, 5.41) is 3.17. The van der Waals surface area contributed by atoms with E-state index in [4.69, 9.17) is 23.2 Å². The molecule has 0 radical (unpaired) electrons. The van der Waals surface area contributed by atoms with Gasteiger partial charge in [-0.15, -0.1) is 0 Å². The molecule has 0 unspecified atom stereocenters. The highest BCUT2D eigenvalue weighted by molar-refractivity contribution is 7.92. The number of nitrogens with zero attached hydrogens (tertiary/aromatic N) is 1. The standard InChI is InChI=1S/C21H17Cl2FN2O3S/c1-30(28,29)26(13-16-17(22)5-4-6-18(16)23)15-11-9-14(10-12-15)21(27)25-20-8-3-2-7-19(20)24/h2-12H,13H2,1H3,(H,25,27). The quantitative estimate of drug-likeness (QED) is 0.532. The molecule has 0 saturated carbocycles. The van der Waals surface area contributed by atoms with Crippen molar-refractivity contribution in [1.29, 1.82) is 0 Å². The Balaban J connectivity index is 1.86. The third kappa shape index (κ3) is 5.11. The predicted molar refractivity (Wildman–Crippen MR) is 118 cm³/mol. The van der Waals surface area contributed by atoms with E-state index in [1.807, 2.05) is 0 Å². The minimum Gasteiger partial charge on any atom is -0.319 e. The molecule has 0 atom stereocenters. The number of carbonyl (C=O) groups is 1. The third-order valence-electron chi connectivity index (χ3n) is 4.30. The monoisotopic (exact) mass is 466 g/mol. The lowest BCUT2D eigenvalue weighted by molar-refractivity contribution is 0.102. The molecular formula is C21H17Cl2FN2O3S. The third-order valence-corrected chi connectivity index (χ3v) is 6.15. The fraction of sp³-hybridized carbons (Fsp3) is 0.0952. The molecule has 1 amide bonds. The Kier molecular flexibility index (Phi) is 6.65. The Bertz CT molecular complexity index is 1160. The van der Waals surface area contributed by atoms with Gasteiger partial charge in [0, 0.05) is 21.2 Å². The zero-order valence-corrected chi connectivity index (χ0v) is 18.1. The zero-order valence-electron chi connectivity index (χ0n) is 15.8. The van der Waals surface area contributed by atoms with Crippen molar-refractivity contribution in [2.45, 2.75) is 6.54 Å². The fourth-order valence-corrected chi connectivity index (χ4v) is 4.15. The lowest BCUT2D eigenvalue weighted by Crippen LogP contribution is -2.29. The highest BCUT2D eigenvalue weighted by Crippen LogP contribution is 2.29. The van der Waals surface area contributed by atoms with E-state index in [9.17, 15) is 17.6 Å². The Morgan fingerprint density at radius 2 is 1.57 bits per heavy atom. The number of nitrogens with one attached hydrogen (secondary N) is 1. The van der Waals surface area contributed by atoms with E-state index in [0.717, 1.165) is 10.6 Å². The molecular weight excluding hydrogens is 450 g/mol. The van der Waals surface area contributed by atoms with E-state index >= 15 is 0 Å². The van der Waals surface area contributed by atoms with Gasteiger partial charge in [-0.05, 0) is 48.5 Å². The van der Waals surface area contributed by atoms with E-state index in [-0.39, 0.29) is 17.8 Å². The first-order valence-electron chi connectivity index (χ1n) is 8.73. The van der Waals surface area contributed by atoms with Crippen LogP contribution in [0.2, 0.25) is 10.0 Å². The summed E-state index contributed by atoms with van der Waals surface area (Å²) in [5.74, 6) is -1.07. The molecule has 0 bridgehead atoms. The summed E-state index contributed by atoms with van der Waals surface area (Å²) >= 11 is 12.4. The van der Waals surface area contributed by atoms with Crippen LogP contribution < -0.4 is 9.62 Å². The van der Waals surface area contributed by atoms with E-state index in [1.54, 1.807) is 24.3 Å². The summed E-state index contributed by atoms with van der Waals surface area (Å²) in [6, 6.07) is 16.6. The molecule has 3 aromatic carbocycles. The summed E-state index contributed by atoms with van der Waals surface area (Å²) in [6.45, 7) is -0.0713. The van der Waals surface area contributed by atoms with Gasteiger partial charge in [0.05, 0.1) is 24.2 Å². The number of benzene rings is 3. The molecule has 0 spiro atoms. The highest BCUT2D eigenvalue weighted by atomic mass is 35.5. The largest absolute Gasteiger partial charge is 0.319 e. The van der Waals surface area contributed by atoms with Gasteiger partial charge in [-0.1, -0.05) is 41.4 Å². The van der Waals surface area contributed by atoms with Gasteiger partial charge < -0.3 is 5.32 Å². The summed E-state index contributed by atoms with van der Waals surface area (Å²) in [6.07, 6.45) is 1.07. The lowest BCUT2D eigenvalue weighted by atomic mass is 10.1. The lowest BCUT2D eigenvalue weighted by Gasteiger charge is -2.23. The van der Waals surface area contributed by atoms with Gasteiger partial charge in [-0.2, -0.15) is 0 Å². The predicted octanol–water partition coefficient (Wildman–Crippen LogP) is 5.35. The molecule has 0 fully saturated rings. The molecule has 9 heteroatoms. The maximum Gasteiger partial charge on any atom is 0.255 e. The second-order valence-corrected chi connectivity index (χ2v) is 9.17. The zero-order chi connectivity index (χ0) is 21.9. The summed E-state index contributed by atoms with van der Waals surface area (Å²) in [4.78, 5) is 12.4. The van der Waals surface area contributed by atoms with Gasteiger partial charge in [0.1, 0.15) is 5.82 Å². The number of sulfonamides is 1. The molecule has 3 rings (SSSR count). The minimum absolute atomic E-state index is 0.0534. The van der Waals surface area contributed by atoms with Crippen LogP contribution in [0.15, 0.2) is 66.7 Å². The van der Waals surface area contributed by atoms with Crippen molar-refractivity contribution in [2.24, 2.45) is 0 Å². The molecule has 1 N–H and O–H groups in total. The van der Waals surface area contributed by atoms with Gasteiger partial charge >= 0.3 is 0 Å². The van der Waals surface area contributed by atoms with Crippen molar-refractivity contribution in [3.05, 3.63) is 93.7 Å².